The highest BCUT2D eigenvalue weighted by molar-refractivity contribution is 4.67. The van der Waals surface area contributed by atoms with Crippen molar-refractivity contribution in [1.29, 1.82) is 0 Å². The molecule has 0 aliphatic heterocycles. The average molecular weight is 160 g/mol. The maximum Gasteiger partial charge on any atom is 0.0627 e. The van der Waals surface area contributed by atoms with Crippen LogP contribution in [0, 0.1) is 0 Å². The molecule has 0 aliphatic rings. The lowest BCUT2D eigenvalue weighted by Gasteiger charge is -2.24. The van der Waals surface area contributed by atoms with E-state index in [2.05, 4.69) is 13.8 Å². The number of hydrogen-bond donors (Lipinski definition) is 0. The van der Waals surface area contributed by atoms with Gasteiger partial charge in [0.05, 0.1) is 5.60 Å². The van der Waals surface area contributed by atoms with Crippen molar-refractivity contribution >= 4 is 0 Å². The van der Waals surface area contributed by atoms with Gasteiger partial charge in [0, 0.05) is 20.3 Å². The minimum atomic E-state index is 0.0211. The first kappa shape index (κ1) is 10.9. The molecule has 0 aliphatic carbocycles. The fourth-order valence-corrected chi connectivity index (χ4v) is 1.11. The molecule has 2 heteroatoms. The molecule has 0 bridgehead atoms. The smallest absolute Gasteiger partial charge is 0.0627 e. The van der Waals surface area contributed by atoms with Crippen molar-refractivity contribution in [3.05, 3.63) is 0 Å². The van der Waals surface area contributed by atoms with Crippen molar-refractivity contribution in [3.63, 3.8) is 0 Å². The predicted molar refractivity (Wildman–Crippen MR) is 46.8 cm³/mol. The molecule has 0 radical (unpaired) electrons. The zero-order chi connectivity index (χ0) is 8.74. The Balaban J connectivity index is 3.38. The Labute approximate surface area is 69.9 Å². The van der Waals surface area contributed by atoms with E-state index in [1.165, 1.54) is 0 Å². The highest BCUT2D eigenvalue weighted by Gasteiger charge is 2.16. The van der Waals surface area contributed by atoms with Crippen molar-refractivity contribution < 1.29 is 9.47 Å². The Hall–Kier alpha value is -0.0800. The zero-order valence-electron chi connectivity index (χ0n) is 8.14. The van der Waals surface area contributed by atoms with Crippen LogP contribution in [-0.2, 0) is 9.47 Å². The second-order valence-electron chi connectivity index (χ2n) is 3.29. The second kappa shape index (κ2) is 5.56. The van der Waals surface area contributed by atoms with E-state index in [9.17, 15) is 0 Å². The van der Waals surface area contributed by atoms with Crippen LogP contribution < -0.4 is 0 Å². The summed E-state index contributed by atoms with van der Waals surface area (Å²) in [6.07, 6.45) is 2.14. The summed E-state index contributed by atoms with van der Waals surface area (Å²) in [5, 5.41) is 0. The van der Waals surface area contributed by atoms with Crippen LogP contribution in [-0.4, -0.2) is 25.9 Å². The molecule has 0 heterocycles. The van der Waals surface area contributed by atoms with Gasteiger partial charge in [0.25, 0.3) is 0 Å². The van der Waals surface area contributed by atoms with Gasteiger partial charge in [0.2, 0.25) is 0 Å². The summed E-state index contributed by atoms with van der Waals surface area (Å²) >= 11 is 0. The van der Waals surface area contributed by atoms with Gasteiger partial charge in [-0.3, -0.25) is 0 Å². The quantitative estimate of drug-likeness (QED) is 0.555. The molecule has 0 unspecified atom stereocenters. The Morgan fingerprint density at radius 1 is 1.27 bits per heavy atom. The van der Waals surface area contributed by atoms with Crippen molar-refractivity contribution in [2.45, 2.75) is 39.2 Å². The maximum absolute atomic E-state index is 5.52. The number of hydrogen-bond acceptors (Lipinski definition) is 2. The highest BCUT2D eigenvalue weighted by Crippen LogP contribution is 2.15. The maximum atomic E-state index is 5.52. The number of ether oxygens (including phenoxy) is 2. The van der Waals surface area contributed by atoms with Gasteiger partial charge in [0.1, 0.15) is 0 Å². The molecule has 0 aromatic rings. The molecule has 2 nitrogen and oxygen atoms in total. The van der Waals surface area contributed by atoms with Crippen LogP contribution >= 0.6 is 0 Å². The molecular weight excluding hydrogens is 140 g/mol. The van der Waals surface area contributed by atoms with Crippen molar-refractivity contribution in [2.24, 2.45) is 0 Å². The molecule has 0 saturated heterocycles. The average Bonchev–Trinajstić information content (AvgIpc) is 1.87. The Bertz CT molecular complexity index is 89.6. The summed E-state index contributed by atoms with van der Waals surface area (Å²) in [5.74, 6) is 0. The largest absolute Gasteiger partial charge is 0.385 e. The van der Waals surface area contributed by atoms with E-state index in [0.717, 1.165) is 26.1 Å². The van der Waals surface area contributed by atoms with Crippen molar-refractivity contribution in [3.8, 4) is 0 Å². The van der Waals surface area contributed by atoms with Gasteiger partial charge < -0.3 is 9.47 Å². The van der Waals surface area contributed by atoms with Crippen LogP contribution in [0.5, 0.6) is 0 Å². The summed E-state index contributed by atoms with van der Waals surface area (Å²) in [4.78, 5) is 0. The summed E-state index contributed by atoms with van der Waals surface area (Å²) in [6, 6.07) is 0. The Morgan fingerprint density at radius 3 is 2.36 bits per heavy atom. The zero-order valence-corrected chi connectivity index (χ0v) is 8.14. The predicted octanol–water partition coefficient (Wildman–Crippen LogP) is 2.23. The molecule has 0 saturated carbocycles. The van der Waals surface area contributed by atoms with Crippen molar-refractivity contribution in [2.75, 3.05) is 20.3 Å². The third-order valence-electron chi connectivity index (χ3n) is 1.66. The molecular formula is C9H20O2. The van der Waals surface area contributed by atoms with Gasteiger partial charge in [-0.15, -0.1) is 0 Å². The molecule has 11 heavy (non-hydrogen) atoms. The third-order valence-corrected chi connectivity index (χ3v) is 1.66. The normalized spacial score (nSPS) is 12.0. The first-order valence-corrected chi connectivity index (χ1v) is 4.25. The van der Waals surface area contributed by atoms with Crippen molar-refractivity contribution in [1.82, 2.24) is 0 Å². The second-order valence-corrected chi connectivity index (χ2v) is 3.29. The first-order chi connectivity index (χ1) is 5.12. The first-order valence-electron chi connectivity index (χ1n) is 4.25. The topological polar surface area (TPSA) is 18.5 Å². The monoisotopic (exact) mass is 160 g/mol. The minimum Gasteiger partial charge on any atom is -0.385 e. The molecule has 0 N–H and O–H groups in total. The van der Waals surface area contributed by atoms with Gasteiger partial charge in [-0.2, -0.15) is 0 Å². The molecule has 0 aromatic heterocycles. The Kier molecular flexibility index (Phi) is 5.51. The molecule has 0 amide bonds. The van der Waals surface area contributed by atoms with E-state index in [-0.39, 0.29) is 5.60 Å². The van der Waals surface area contributed by atoms with Gasteiger partial charge in [-0.05, 0) is 33.6 Å². The summed E-state index contributed by atoms with van der Waals surface area (Å²) in [6.45, 7) is 7.88. The highest BCUT2D eigenvalue weighted by atomic mass is 16.5. The van der Waals surface area contributed by atoms with E-state index in [0.29, 0.717) is 0 Å². The summed E-state index contributed by atoms with van der Waals surface area (Å²) in [7, 11) is 1.73. The number of rotatable bonds is 6. The fraction of sp³-hybridized carbons (Fsp3) is 1.00. The van der Waals surface area contributed by atoms with Crippen LogP contribution in [0.4, 0.5) is 0 Å². The number of methoxy groups -OCH3 is 1. The van der Waals surface area contributed by atoms with Gasteiger partial charge in [-0.1, -0.05) is 0 Å². The molecule has 0 spiro atoms. The lowest BCUT2D eigenvalue weighted by molar-refractivity contribution is -0.0210. The van der Waals surface area contributed by atoms with Gasteiger partial charge in [-0.25, -0.2) is 0 Å². The van der Waals surface area contributed by atoms with E-state index in [4.69, 9.17) is 9.47 Å². The molecule has 0 rings (SSSR count). The molecule has 0 atom stereocenters. The molecule has 0 aromatic carbocycles. The van der Waals surface area contributed by atoms with E-state index in [1.807, 2.05) is 6.92 Å². The van der Waals surface area contributed by atoms with Gasteiger partial charge >= 0.3 is 0 Å². The standard InChI is InChI=1S/C9H20O2/c1-5-11-9(2,3)7-6-8-10-4/h5-8H2,1-4H3. The minimum absolute atomic E-state index is 0.0211. The lowest BCUT2D eigenvalue weighted by Crippen LogP contribution is -2.24. The van der Waals surface area contributed by atoms with Crippen LogP contribution in [0.15, 0.2) is 0 Å². The van der Waals surface area contributed by atoms with Crippen LogP contribution in [0.1, 0.15) is 33.6 Å². The fourth-order valence-electron chi connectivity index (χ4n) is 1.11. The van der Waals surface area contributed by atoms with E-state index >= 15 is 0 Å². The van der Waals surface area contributed by atoms with Crippen LogP contribution in [0.2, 0.25) is 0 Å². The Morgan fingerprint density at radius 2 is 1.91 bits per heavy atom. The molecule has 68 valence electrons. The van der Waals surface area contributed by atoms with E-state index in [1.54, 1.807) is 7.11 Å². The third kappa shape index (κ3) is 6.32. The summed E-state index contributed by atoms with van der Waals surface area (Å²) in [5.41, 5.74) is 0.0211. The summed E-state index contributed by atoms with van der Waals surface area (Å²) < 4.78 is 10.5. The van der Waals surface area contributed by atoms with Gasteiger partial charge in [0.15, 0.2) is 0 Å². The lowest BCUT2D eigenvalue weighted by atomic mass is 10.0. The van der Waals surface area contributed by atoms with Crippen LogP contribution in [0.25, 0.3) is 0 Å². The SMILES string of the molecule is CCOC(C)(C)CCCOC. The van der Waals surface area contributed by atoms with Crippen LogP contribution in [0.3, 0.4) is 0 Å². The van der Waals surface area contributed by atoms with E-state index < -0.39 is 0 Å². The molecule has 0 fully saturated rings.